The summed E-state index contributed by atoms with van der Waals surface area (Å²) in [7, 11) is 1.21. The van der Waals surface area contributed by atoms with Gasteiger partial charge in [0.05, 0.1) is 6.61 Å². The Labute approximate surface area is 268 Å². The molecule has 2 aliphatic rings. The predicted molar refractivity (Wildman–Crippen MR) is 145 cm³/mol. The van der Waals surface area contributed by atoms with Crippen LogP contribution >= 0.6 is 11.6 Å². The molecule has 0 aromatic carbocycles. The monoisotopic (exact) mass is 684 g/mol. The van der Waals surface area contributed by atoms with Gasteiger partial charge in [0.15, 0.2) is 49.2 Å². The van der Waals surface area contributed by atoms with E-state index in [0.29, 0.717) is 0 Å². The zero-order chi connectivity index (χ0) is 34.7. The van der Waals surface area contributed by atoms with E-state index in [1.807, 2.05) is 0 Å². The molecular formula is C27H37ClO18. The number of methoxy groups -OCH3 is 1. The predicted octanol–water partition coefficient (Wildman–Crippen LogP) is -0.529. The van der Waals surface area contributed by atoms with E-state index < -0.39 is 122 Å². The van der Waals surface area contributed by atoms with Crippen molar-refractivity contribution < 1.29 is 85.7 Å². The number of carbonyl (C=O) groups excluding carboxylic acids is 7. The van der Waals surface area contributed by atoms with Crippen LogP contribution in [0.5, 0.6) is 0 Å². The van der Waals surface area contributed by atoms with Crippen LogP contribution in [-0.4, -0.2) is 129 Å². The topological polar surface area (TPSA) is 221 Å². The van der Waals surface area contributed by atoms with Gasteiger partial charge in [-0.3, -0.25) is 33.6 Å². The minimum Gasteiger partial charge on any atom is -0.462 e. The second-order valence-corrected chi connectivity index (χ2v) is 10.2. The lowest BCUT2D eigenvalue weighted by Gasteiger charge is -2.46. The fourth-order valence-corrected chi connectivity index (χ4v) is 4.78. The Bertz CT molecular complexity index is 1130. The molecule has 18 nitrogen and oxygen atoms in total. The second-order valence-electron chi connectivity index (χ2n) is 9.92. The van der Waals surface area contributed by atoms with Crippen molar-refractivity contribution in [3.8, 4) is 0 Å². The molecule has 0 aromatic rings. The lowest BCUT2D eigenvalue weighted by molar-refractivity contribution is -0.332. The maximum Gasteiger partial charge on any atom is 0.320 e. The number of halogens is 1. The van der Waals surface area contributed by atoms with Crippen molar-refractivity contribution in [3.63, 3.8) is 0 Å². The number of carbonyl (C=O) groups is 7. The smallest absolute Gasteiger partial charge is 0.320 e. The number of alkyl halides is 1. The van der Waals surface area contributed by atoms with Gasteiger partial charge in [-0.1, -0.05) is 0 Å². The molecule has 0 bridgehead atoms. The first-order chi connectivity index (χ1) is 21.6. The molecular weight excluding hydrogens is 648 g/mol. The molecule has 0 aliphatic carbocycles. The van der Waals surface area contributed by atoms with Crippen LogP contribution in [-0.2, 0) is 85.7 Å². The van der Waals surface area contributed by atoms with Crippen molar-refractivity contribution in [2.45, 2.75) is 103 Å². The Morgan fingerprint density at radius 2 is 0.870 bits per heavy atom. The van der Waals surface area contributed by atoms with Crippen molar-refractivity contribution >= 4 is 53.4 Å². The van der Waals surface area contributed by atoms with Gasteiger partial charge in [-0.15, -0.1) is 11.6 Å². The molecule has 0 aromatic heterocycles. The Morgan fingerprint density at radius 3 is 1.26 bits per heavy atom. The van der Waals surface area contributed by atoms with Crippen LogP contribution in [0.1, 0.15) is 41.5 Å². The van der Waals surface area contributed by atoms with Crippen LogP contribution in [0.25, 0.3) is 0 Å². The van der Waals surface area contributed by atoms with Gasteiger partial charge in [0.1, 0.15) is 24.7 Å². The lowest BCUT2D eigenvalue weighted by Crippen LogP contribution is -2.65. The summed E-state index contributed by atoms with van der Waals surface area (Å²) in [5.74, 6) is -6.42. The third-order valence-electron chi connectivity index (χ3n) is 6.17. The highest BCUT2D eigenvalue weighted by Gasteiger charge is 2.55. The van der Waals surface area contributed by atoms with E-state index in [2.05, 4.69) is 0 Å². The lowest BCUT2D eigenvalue weighted by atomic mass is 9.97. The van der Waals surface area contributed by atoms with Crippen LogP contribution < -0.4 is 0 Å². The first kappa shape index (κ1) is 38.6. The maximum atomic E-state index is 12.1. The van der Waals surface area contributed by atoms with E-state index in [0.717, 1.165) is 41.5 Å². The molecule has 10 atom stereocenters. The molecule has 0 saturated carbocycles. The number of esters is 7. The van der Waals surface area contributed by atoms with E-state index in [-0.39, 0.29) is 0 Å². The molecule has 10 unspecified atom stereocenters. The average molecular weight is 685 g/mol. The molecule has 0 radical (unpaired) electrons. The zero-order valence-corrected chi connectivity index (χ0v) is 26.9. The van der Waals surface area contributed by atoms with Crippen molar-refractivity contribution in [1.29, 1.82) is 0 Å². The Kier molecular flexibility index (Phi) is 15.1. The van der Waals surface area contributed by atoms with Crippen molar-refractivity contribution in [2.75, 3.05) is 26.2 Å². The largest absolute Gasteiger partial charge is 0.462 e. The zero-order valence-electron chi connectivity index (χ0n) is 26.1. The quantitative estimate of drug-likeness (QED) is 0.135. The Balaban J connectivity index is 2.52. The van der Waals surface area contributed by atoms with E-state index in [1.165, 1.54) is 7.11 Å². The van der Waals surface area contributed by atoms with Gasteiger partial charge in [0, 0.05) is 48.7 Å². The molecule has 2 aliphatic heterocycles. The highest BCUT2D eigenvalue weighted by Crippen LogP contribution is 2.33. The fourth-order valence-electron chi connectivity index (χ4n) is 4.71. The SMILES string of the molecule is COC1OC(COC2OC(COC(=O)CCl)C(OC(C)=O)C(OC(C)=O)C2OC(C)=O)C(OC(C)=O)C(OC(C)=O)C1OC(C)=O. The van der Waals surface area contributed by atoms with Crippen LogP contribution in [0.3, 0.4) is 0 Å². The molecule has 0 N–H and O–H groups in total. The van der Waals surface area contributed by atoms with E-state index in [9.17, 15) is 33.6 Å². The van der Waals surface area contributed by atoms with Crippen LogP contribution in [0, 0.1) is 0 Å². The minimum atomic E-state index is -1.64. The van der Waals surface area contributed by atoms with Gasteiger partial charge in [-0.2, -0.15) is 0 Å². The van der Waals surface area contributed by atoms with Crippen LogP contribution in [0.15, 0.2) is 0 Å². The summed E-state index contributed by atoms with van der Waals surface area (Å²) < 4.78 is 60.2. The van der Waals surface area contributed by atoms with Gasteiger partial charge in [0.2, 0.25) is 0 Å². The van der Waals surface area contributed by atoms with Crippen molar-refractivity contribution in [1.82, 2.24) is 0 Å². The molecule has 2 heterocycles. The third kappa shape index (κ3) is 11.3. The van der Waals surface area contributed by atoms with Gasteiger partial charge in [-0.25, -0.2) is 0 Å². The Morgan fingerprint density at radius 1 is 0.522 bits per heavy atom. The molecule has 2 fully saturated rings. The number of hydrogen-bond acceptors (Lipinski definition) is 18. The molecule has 19 heteroatoms. The van der Waals surface area contributed by atoms with Gasteiger partial charge >= 0.3 is 41.8 Å². The highest BCUT2D eigenvalue weighted by atomic mass is 35.5. The molecule has 0 amide bonds. The summed E-state index contributed by atoms with van der Waals surface area (Å²) in [4.78, 5) is 84.0. The standard InChI is InChI=1S/C27H37ClO18/c1-11(29)39-20-17(9-37-19(35)8-28)46-27(25(44-16(6)34)23(20)42-14(4)32)38-10-18-21(40-12(2)30)22(41-13(3)31)24(43-15(5)33)26(36-7)45-18/h17-18,20-27H,8-10H2,1-7H3. The number of rotatable bonds is 13. The Hall–Kier alpha value is -3.58. The summed E-state index contributed by atoms with van der Waals surface area (Å²) in [6, 6.07) is 0. The minimum absolute atomic E-state index is 0.524. The van der Waals surface area contributed by atoms with Gasteiger partial charge in [0.25, 0.3) is 0 Å². The first-order valence-corrected chi connectivity index (χ1v) is 14.3. The summed E-state index contributed by atoms with van der Waals surface area (Å²) in [5.41, 5.74) is 0. The van der Waals surface area contributed by atoms with Crippen LogP contribution in [0.4, 0.5) is 0 Å². The first-order valence-electron chi connectivity index (χ1n) is 13.8. The summed E-state index contributed by atoms with van der Waals surface area (Å²) in [5, 5.41) is 0. The number of hydrogen-bond donors (Lipinski definition) is 0. The van der Waals surface area contributed by atoms with Crippen molar-refractivity contribution in [3.05, 3.63) is 0 Å². The van der Waals surface area contributed by atoms with Crippen molar-refractivity contribution in [2.24, 2.45) is 0 Å². The average Bonchev–Trinajstić information content (AvgIpc) is 2.94. The molecule has 0 spiro atoms. The van der Waals surface area contributed by atoms with E-state index >= 15 is 0 Å². The normalized spacial score (nSPS) is 30.6. The highest BCUT2D eigenvalue weighted by molar-refractivity contribution is 6.26. The molecule has 2 rings (SSSR count). The third-order valence-corrected chi connectivity index (χ3v) is 6.39. The van der Waals surface area contributed by atoms with Gasteiger partial charge in [-0.05, 0) is 0 Å². The van der Waals surface area contributed by atoms with E-state index in [1.54, 1.807) is 0 Å². The fraction of sp³-hybridized carbons (Fsp3) is 0.741. The summed E-state index contributed by atoms with van der Waals surface area (Å²) in [6.45, 7) is 5.22. The number of ether oxygens (including phenoxy) is 11. The summed E-state index contributed by atoms with van der Waals surface area (Å²) >= 11 is 5.52. The van der Waals surface area contributed by atoms with Gasteiger partial charge < -0.3 is 52.1 Å². The van der Waals surface area contributed by atoms with Crippen LogP contribution in [0.2, 0.25) is 0 Å². The molecule has 2 saturated heterocycles. The maximum absolute atomic E-state index is 12.1. The second kappa shape index (κ2) is 17.9. The molecule has 46 heavy (non-hydrogen) atoms. The van der Waals surface area contributed by atoms with E-state index in [4.69, 9.17) is 63.7 Å². The molecule has 260 valence electrons. The summed E-state index contributed by atoms with van der Waals surface area (Å²) in [6.07, 6.45) is -14.6.